The maximum Gasteiger partial charge on any atom is 0.266 e. The van der Waals surface area contributed by atoms with Gasteiger partial charge in [0.2, 0.25) is 0 Å². The van der Waals surface area contributed by atoms with Crippen molar-refractivity contribution in [3.05, 3.63) is 52.1 Å². The second-order valence-electron chi connectivity index (χ2n) is 4.54. The number of halogens is 2. The Bertz CT molecular complexity index is 645. The van der Waals surface area contributed by atoms with Gasteiger partial charge in [-0.2, -0.15) is 0 Å². The minimum absolute atomic E-state index is 0.317. The van der Waals surface area contributed by atoms with E-state index in [1.54, 1.807) is 31.2 Å². The predicted octanol–water partition coefficient (Wildman–Crippen LogP) is 4.10. The Balaban J connectivity index is 2.02. The highest BCUT2D eigenvalue weighted by Gasteiger charge is 2.16. The highest BCUT2D eigenvalue weighted by atomic mass is 35.5. The zero-order valence-electron chi connectivity index (χ0n) is 11.6. The number of hydrogen-bond acceptors (Lipinski definition) is 3. The van der Waals surface area contributed by atoms with Gasteiger partial charge in [0.25, 0.3) is 5.91 Å². The molecule has 1 heterocycles. The number of anilines is 1. The molecule has 0 saturated heterocycles. The Labute approximate surface area is 133 Å². The number of amides is 1. The van der Waals surface area contributed by atoms with Gasteiger partial charge in [-0.3, -0.25) is 4.79 Å². The number of aryl methyl sites for hydroxylation is 1. The monoisotopic (exact) mass is 324 g/mol. The molecule has 4 nitrogen and oxygen atoms in total. The van der Waals surface area contributed by atoms with Crippen LogP contribution in [0.25, 0.3) is 0 Å². The van der Waals surface area contributed by atoms with Crippen LogP contribution in [0.15, 0.2) is 36.5 Å². The summed E-state index contributed by atoms with van der Waals surface area (Å²) in [7, 11) is 0. The minimum Gasteiger partial charge on any atom is -0.479 e. The highest BCUT2D eigenvalue weighted by Crippen LogP contribution is 2.26. The van der Waals surface area contributed by atoms with Crippen molar-refractivity contribution in [3.8, 4) is 5.75 Å². The summed E-state index contributed by atoms with van der Waals surface area (Å²) in [5.41, 5.74) is 1.00. The summed E-state index contributed by atoms with van der Waals surface area (Å²) < 4.78 is 5.59. The molecule has 0 saturated carbocycles. The zero-order chi connectivity index (χ0) is 15.4. The molecule has 2 aromatic rings. The molecule has 1 atom stereocenters. The second kappa shape index (κ2) is 6.78. The van der Waals surface area contributed by atoms with Crippen LogP contribution < -0.4 is 10.1 Å². The smallest absolute Gasteiger partial charge is 0.266 e. The maximum atomic E-state index is 12.0. The second-order valence-corrected chi connectivity index (χ2v) is 5.39. The van der Waals surface area contributed by atoms with E-state index in [1.165, 1.54) is 6.20 Å². The first kappa shape index (κ1) is 15.6. The first-order valence-corrected chi connectivity index (χ1v) is 7.06. The topological polar surface area (TPSA) is 51.2 Å². The van der Waals surface area contributed by atoms with Crippen LogP contribution >= 0.6 is 23.2 Å². The number of hydrogen-bond donors (Lipinski definition) is 1. The standard InChI is InChI=1S/C15H14Cl2N2O2/c1-9-3-5-12(17)13(7-9)21-10(2)15(20)19-14-6-4-11(16)8-18-14/h3-8,10H,1-2H3,(H,18,19,20)/t10-/m1/s1. The van der Waals surface area contributed by atoms with Gasteiger partial charge in [-0.05, 0) is 43.7 Å². The number of nitrogens with zero attached hydrogens (tertiary/aromatic N) is 1. The summed E-state index contributed by atoms with van der Waals surface area (Å²) in [6, 6.07) is 8.65. The molecule has 2 rings (SSSR count). The van der Waals surface area contributed by atoms with Gasteiger partial charge in [0.05, 0.1) is 10.0 Å². The highest BCUT2D eigenvalue weighted by molar-refractivity contribution is 6.32. The molecule has 21 heavy (non-hydrogen) atoms. The third-order valence-electron chi connectivity index (χ3n) is 2.74. The lowest BCUT2D eigenvalue weighted by Gasteiger charge is -2.15. The zero-order valence-corrected chi connectivity index (χ0v) is 13.1. The molecule has 1 aromatic heterocycles. The number of carbonyl (C=O) groups is 1. The van der Waals surface area contributed by atoms with Crippen LogP contribution in [0, 0.1) is 6.92 Å². The molecule has 6 heteroatoms. The molecule has 0 fully saturated rings. The molecule has 110 valence electrons. The number of aromatic nitrogens is 1. The van der Waals surface area contributed by atoms with Crippen LogP contribution in [-0.2, 0) is 4.79 Å². The van der Waals surface area contributed by atoms with Crippen molar-refractivity contribution in [1.29, 1.82) is 0 Å². The van der Waals surface area contributed by atoms with Gasteiger partial charge in [-0.25, -0.2) is 4.98 Å². The quantitative estimate of drug-likeness (QED) is 0.921. The number of rotatable bonds is 4. The van der Waals surface area contributed by atoms with Gasteiger partial charge < -0.3 is 10.1 Å². The summed E-state index contributed by atoms with van der Waals surface area (Å²) in [6.07, 6.45) is 0.752. The van der Waals surface area contributed by atoms with Gasteiger partial charge in [0.15, 0.2) is 6.10 Å². The van der Waals surface area contributed by atoms with Gasteiger partial charge in [-0.1, -0.05) is 29.3 Å². The third kappa shape index (κ3) is 4.34. The van der Waals surface area contributed by atoms with Crippen LogP contribution in [0.1, 0.15) is 12.5 Å². The number of pyridine rings is 1. The normalized spacial score (nSPS) is 11.8. The summed E-state index contributed by atoms with van der Waals surface area (Å²) in [4.78, 5) is 16.0. The molecule has 0 radical (unpaired) electrons. The fourth-order valence-electron chi connectivity index (χ4n) is 1.62. The first-order valence-electron chi connectivity index (χ1n) is 6.31. The van der Waals surface area contributed by atoms with Crippen LogP contribution in [0.3, 0.4) is 0 Å². The van der Waals surface area contributed by atoms with Gasteiger partial charge in [0, 0.05) is 6.20 Å². The summed E-state index contributed by atoms with van der Waals surface area (Å²) in [5.74, 6) is 0.570. The molecular weight excluding hydrogens is 311 g/mol. The van der Waals surface area contributed by atoms with E-state index in [1.807, 2.05) is 13.0 Å². The van der Waals surface area contributed by atoms with Gasteiger partial charge in [-0.15, -0.1) is 0 Å². The number of nitrogens with one attached hydrogen (secondary N) is 1. The van der Waals surface area contributed by atoms with E-state index in [0.29, 0.717) is 21.6 Å². The van der Waals surface area contributed by atoms with E-state index in [0.717, 1.165) is 5.56 Å². The SMILES string of the molecule is Cc1ccc(Cl)c(O[C@H](C)C(=O)Nc2ccc(Cl)cn2)c1. The molecule has 0 unspecified atom stereocenters. The van der Waals surface area contributed by atoms with Crippen molar-refractivity contribution >= 4 is 34.9 Å². The molecule has 1 aromatic carbocycles. The lowest BCUT2D eigenvalue weighted by molar-refractivity contribution is -0.122. The van der Waals surface area contributed by atoms with Crippen molar-refractivity contribution in [2.45, 2.75) is 20.0 Å². The van der Waals surface area contributed by atoms with Crippen LogP contribution in [0.2, 0.25) is 10.0 Å². The van der Waals surface area contributed by atoms with Crippen molar-refractivity contribution < 1.29 is 9.53 Å². The van der Waals surface area contributed by atoms with Crippen molar-refractivity contribution in [1.82, 2.24) is 4.98 Å². The van der Waals surface area contributed by atoms with Crippen LogP contribution in [-0.4, -0.2) is 17.0 Å². The summed E-state index contributed by atoms with van der Waals surface area (Å²) >= 11 is 11.8. The van der Waals surface area contributed by atoms with Crippen molar-refractivity contribution in [3.63, 3.8) is 0 Å². The fourth-order valence-corrected chi connectivity index (χ4v) is 1.90. The van der Waals surface area contributed by atoms with E-state index in [4.69, 9.17) is 27.9 Å². The Morgan fingerprint density at radius 1 is 1.29 bits per heavy atom. The van der Waals surface area contributed by atoms with Crippen molar-refractivity contribution in [2.75, 3.05) is 5.32 Å². The molecule has 0 bridgehead atoms. The Morgan fingerprint density at radius 2 is 2.05 bits per heavy atom. The molecule has 1 amide bonds. The summed E-state index contributed by atoms with van der Waals surface area (Å²) in [5, 5.41) is 3.61. The number of carbonyl (C=O) groups excluding carboxylic acids is 1. The van der Waals surface area contributed by atoms with E-state index in [9.17, 15) is 4.79 Å². The van der Waals surface area contributed by atoms with E-state index in [-0.39, 0.29) is 5.91 Å². The molecule has 0 aliphatic rings. The van der Waals surface area contributed by atoms with Crippen LogP contribution in [0.5, 0.6) is 5.75 Å². The average molecular weight is 325 g/mol. The Morgan fingerprint density at radius 3 is 2.71 bits per heavy atom. The number of benzene rings is 1. The minimum atomic E-state index is -0.707. The van der Waals surface area contributed by atoms with Gasteiger partial charge in [0.1, 0.15) is 11.6 Å². The maximum absolute atomic E-state index is 12.0. The Kier molecular flexibility index (Phi) is 5.04. The van der Waals surface area contributed by atoms with Crippen molar-refractivity contribution in [2.24, 2.45) is 0 Å². The Hall–Kier alpha value is -1.78. The predicted molar refractivity (Wildman–Crippen MR) is 84.2 cm³/mol. The fraction of sp³-hybridized carbons (Fsp3) is 0.200. The molecule has 0 aliphatic carbocycles. The number of ether oxygens (including phenoxy) is 1. The summed E-state index contributed by atoms with van der Waals surface area (Å²) in [6.45, 7) is 3.56. The third-order valence-corrected chi connectivity index (χ3v) is 3.27. The van der Waals surface area contributed by atoms with Crippen LogP contribution in [0.4, 0.5) is 5.82 Å². The first-order chi connectivity index (χ1) is 9.95. The molecular formula is C15H14Cl2N2O2. The molecule has 1 N–H and O–H groups in total. The molecule has 0 spiro atoms. The van der Waals surface area contributed by atoms with Gasteiger partial charge >= 0.3 is 0 Å². The largest absolute Gasteiger partial charge is 0.479 e. The lowest BCUT2D eigenvalue weighted by Crippen LogP contribution is -2.30. The molecule has 0 aliphatic heterocycles. The lowest BCUT2D eigenvalue weighted by atomic mass is 10.2. The van der Waals surface area contributed by atoms with E-state index >= 15 is 0 Å². The van der Waals surface area contributed by atoms with E-state index in [2.05, 4.69) is 10.3 Å². The van der Waals surface area contributed by atoms with E-state index < -0.39 is 6.10 Å². The average Bonchev–Trinajstić information content (AvgIpc) is 2.45.